The van der Waals surface area contributed by atoms with Gasteiger partial charge in [0.05, 0.1) is 13.7 Å². The van der Waals surface area contributed by atoms with Crippen LogP contribution in [0.3, 0.4) is 0 Å². The second kappa shape index (κ2) is 6.24. The molecule has 1 atom stereocenters. The number of methoxy groups -OCH3 is 1. The van der Waals surface area contributed by atoms with Crippen molar-refractivity contribution in [3.05, 3.63) is 28.8 Å². The number of rotatable bonds is 5. The number of nitrogens with one attached hydrogen (secondary N) is 1. The minimum Gasteiger partial charge on any atom is -0.496 e. The van der Waals surface area contributed by atoms with Crippen LogP contribution in [0.5, 0.6) is 5.75 Å². The third-order valence-corrected chi connectivity index (χ3v) is 3.41. The van der Waals surface area contributed by atoms with Crippen molar-refractivity contribution < 1.29 is 9.47 Å². The summed E-state index contributed by atoms with van der Waals surface area (Å²) in [6, 6.07) is 5.72. The van der Waals surface area contributed by atoms with Gasteiger partial charge in [-0.15, -0.1) is 0 Å². The molecule has 1 heterocycles. The Bertz CT molecular complexity index is 364. The lowest BCUT2D eigenvalue weighted by Gasteiger charge is -2.13. The second-order valence-corrected chi connectivity index (χ2v) is 4.69. The van der Waals surface area contributed by atoms with Crippen molar-refractivity contribution in [3.63, 3.8) is 0 Å². The normalized spacial score (nSPS) is 19.5. The fourth-order valence-corrected chi connectivity index (χ4v) is 2.28. The average molecular weight is 256 g/mol. The lowest BCUT2D eigenvalue weighted by Crippen LogP contribution is -2.23. The molecule has 0 aliphatic carbocycles. The molecule has 1 fully saturated rings. The molecule has 1 N–H and O–H groups in total. The van der Waals surface area contributed by atoms with Crippen molar-refractivity contribution in [1.29, 1.82) is 0 Å². The monoisotopic (exact) mass is 255 g/mol. The van der Waals surface area contributed by atoms with Gasteiger partial charge in [-0.05, 0) is 24.5 Å². The van der Waals surface area contributed by atoms with Crippen molar-refractivity contribution in [1.82, 2.24) is 5.32 Å². The summed E-state index contributed by atoms with van der Waals surface area (Å²) in [5.41, 5.74) is 1.02. The SMILES string of the molecule is COc1cccc(Cl)c1CNCC1CCOC1. The molecule has 1 aromatic rings. The van der Waals surface area contributed by atoms with Gasteiger partial charge < -0.3 is 14.8 Å². The Labute approximate surface area is 107 Å². The second-order valence-electron chi connectivity index (χ2n) is 4.28. The van der Waals surface area contributed by atoms with Crippen LogP contribution in [0.25, 0.3) is 0 Å². The van der Waals surface area contributed by atoms with Crippen LogP contribution in [0.4, 0.5) is 0 Å². The molecule has 0 amide bonds. The van der Waals surface area contributed by atoms with Gasteiger partial charge in [-0.2, -0.15) is 0 Å². The molecule has 1 aromatic carbocycles. The number of ether oxygens (including phenoxy) is 2. The highest BCUT2D eigenvalue weighted by Crippen LogP contribution is 2.26. The Morgan fingerprint density at radius 1 is 1.53 bits per heavy atom. The first-order valence-electron chi connectivity index (χ1n) is 5.91. The summed E-state index contributed by atoms with van der Waals surface area (Å²) in [5, 5.41) is 4.16. The zero-order valence-electron chi connectivity index (χ0n) is 10.0. The topological polar surface area (TPSA) is 30.5 Å². The molecule has 1 aliphatic rings. The van der Waals surface area contributed by atoms with Crippen molar-refractivity contribution in [2.75, 3.05) is 26.9 Å². The van der Waals surface area contributed by atoms with Gasteiger partial charge in [0.25, 0.3) is 0 Å². The van der Waals surface area contributed by atoms with E-state index in [4.69, 9.17) is 21.1 Å². The van der Waals surface area contributed by atoms with E-state index in [2.05, 4.69) is 5.32 Å². The lowest BCUT2D eigenvalue weighted by atomic mass is 10.1. The van der Waals surface area contributed by atoms with E-state index >= 15 is 0 Å². The molecule has 4 heteroatoms. The summed E-state index contributed by atoms with van der Waals surface area (Å²) in [5.74, 6) is 1.47. The van der Waals surface area contributed by atoms with Gasteiger partial charge in [0.2, 0.25) is 0 Å². The van der Waals surface area contributed by atoms with Crippen molar-refractivity contribution in [2.24, 2.45) is 5.92 Å². The first kappa shape index (κ1) is 12.7. The van der Waals surface area contributed by atoms with Crippen molar-refractivity contribution >= 4 is 11.6 Å². The summed E-state index contributed by atoms with van der Waals surface area (Å²) < 4.78 is 10.6. The Hall–Kier alpha value is -0.770. The summed E-state index contributed by atoms with van der Waals surface area (Å²) in [6.45, 7) is 3.46. The van der Waals surface area contributed by atoms with E-state index in [9.17, 15) is 0 Å². The van der Waals surface area contributed by atoms with E-state index in [1.165, 1.54) is 0 Å². The summed E-state index contributed by atoms with van der Waals surface area (Å²) in [4.78, 5) is 0. The predicted molar refractivity (Wildman–Crippen MR) is 68.6 cm³/mol. The van der Waals surface area contributed by atoms with Crippen LogP contribution >= 0.6 is 11.6 Å². The maximum atomic E-state index is 6.16. The highest BCUT2D eigenvalue weighted by atomic mass is 35.5. The minimum absolute atomic E-state index is 0.628. The highest BCUT2D eigenvalue weighted by molar-refractivity contribution is 6.31. The summed E-state index contributed by atoms with van der Waals surface area (Å²) >= 11 is 6.16. The van der Waals surface area contributed by atoms with Crippen LogP contribution in [-0.2, 0) is 11.3 Å². The maximum Gasteiger partial charge on any atom is 0.124 e. The smallest absolute Gasteiger partial charge is 0.124 e. The highest BCUT2D eigenvalue weighted by Gasteiger charge is 2.15. The molecule has 0 bridgehead atoms. The van der Waals surface area contributed by atoms with E-state index in [0.29, 0.717) is 5.92 Å². The predicted octanol–water partition coefficient (Wildman–Crippen LogP) is 2.47. The van der Waals surface area contributed by atoms with Crippen LogP contribution in [0.2, 0.25) is 5.02 Å². The number of halogens is 1. The molecule has 1 unspecified atom stereocenters. The molecule has 1 aliphatic heterocycles. The van der Waals surface area contributed by atoms with E-state index in [-0.39, 0.29) is 0 Å². The van der Waals surface area contributed by atoms with Crippen LogP contribution in [0.15, 0.2) is 18.2 Å². The fourth-order valence-electron chi connectivity index (χ4n) is 2.05. The molecule has 0 spiro atoms. The first-order valence-corrected chi connectivity index (χ1v) is 6.29. The number of hydrogen-bond donors (Lipinski definition) is 1. The number of hydrogen-bond acceptors (Lipinski definition) is 3. The standard InChI is InChI=1S/C13H18ClNO2/c1-16-13-4-2-3-12(14)11(13)8-15-7-10-5-6-17-9-10/h2-4,10,15H,5-9H2,1H3. The van der Waals surface area contributed by atoms with Gasteiger partial charge in [-0.1, -0.05) is 17.7 Å². The van der Waals surface area contributed by atoms with Crippen LogP contribution in [0, 0.1) is 5.92 Å². The van der Waals surface area contributed by atoms with Crippen LogP contribution < -0.4 is 10.1 Å². The van der Waals surface area contributed by atoms with Crippen LogP contribution in [-0.4, -0.2) is 26.9 Å². The van der Waals surface area contributed by atoms with E-state index in [0.717, 1.165) is 49.1 Å². The zero-order chi connectivity index (χ0) is 12.1. The van der Waals surface area contributed by atoms with Crippen molar-refractivity contribution in [2.45, 2.75) is 13.0 Å². The van der Waals surface area contributed by atoms with Gasteiger partial charge >= 0.3 is 0 Å². The Morgan fingerprint density at radius 2 is 2.41 bits per heavy atom. The van der Waals surface area contributed by atoms with E-state index < -0.39 is 0 Å². The number of benzene rings is 1. The molecule has 0 saturated carbocycles. The molecule has 1 saturated heterocycles. The van der Waals surface area contributed by atoms with E-state index in [1.54, 1.807) is 7.11 Å². The third-order valence-electron chi connectivity index (χ3n) is 3.05. The summed E-state index contributed by atoms with van der Waals surface area (Å²) in [6.07, 6.45) is 1.15. The lowest BCUT2D eigenvalue weighted by molar-refractivity contribution is 0.185. The van der Waals surface area contributed by atoms with Crippen molar-refractivity contribution in [3.8, 4) is 5.75 Å². The molecular weight excluding hydrogens is 238 g/mol. The minimum atomic E-state index is 0.628. The molecule has 3 nitrogen and oxygen atoms in total. The van der Waals surface area contributed by atoms with E-state index in [1.807, 2.05) is 18.2 Å². The Balaban J connectivity index is 1.89. The zero-order valence-corrected chi connectivity index (χ0v) is 10.8. The molecule has 94 valence electrons. The molecule has 2 rings (SSSR count). The molecule has 0 radical (unpaired) electrons. The third kappa shape index (κ3) is 3.35. The van der Waals surface area contributed by atoms with Gasteiger partial charge in [-0.25, -0.2) is 0 Å². The van der Waals surface area contributed by atoms with Gasteiger partial charge in [0, 0.05) is 30.3 Å². The largest absolute Gasteiger partial charge is 0.496 e. The molecule has 0 aromatic heterocycles. The van der Waals surface area contributed by atoms with Gasteiger partial charge in [0.15, 0.2) is 0 Å². The first-order chi connectivity index (χ1) is 8.31. The molecular formula is C13H18ClNO2. The average Bonchev–Trinajstić information content (AvgIpc) is 2.84. The fraction of sp³-hybridized carbons (Fsp3) is 0.538. The Kier molecular flexibility index (Phi) is 4.66. The van der Waals surface area contributed by atoms with Crippen LogP contribution in [0.1, 0.15) is 12.0 Å². The van der Waals surface area contributed by atoms with Gasteiger partial charge in [-0.3, -0.25) is 0 Å². The quantitative estimate of drug-likeness (QED) is 0.877. The maximum absolute atomic E-state index is 6.16. The molecule has 17 heavy (non-hydrogen) atoms. The summed E-state index contributed by atoms with van der Waals surface area (Å²) in [7, 11) is 1.67. The van der Waals surface area contributed by atoms with Gasteiger partial charge in [0.1, 0.15) is 5.75 Å². The Morgan fingerprint density at radius 3 is 3.12 bits per heavy atom.